The predicted octanol–water partition coefficient (Wildman–Crippen LogP) is 6.37. The molecule has 0 saturated carbocycles. The zero-order valence-electron chi connectivity index (χ0n) is 18.4. The second-order valence-corrected chi connectivity index (χ2v) is 8.34. The molecule has 4 aromatic carbocycles. The van der Waals surface area contributed by atoms with Gasteiger partial charge in [-0.05, 0) is 41.5 Å². The Bertz CT molecular complexity index is 1260. The zero-order chi connectivity index (χ0) is 23.6. The highest BCUT2D eigenvalue weighted by atomic mass is 79.9. The third-order valence-corrected chi connectivity index (χ3v) is 5.44. The molecule has 170 valence electrons. The number of nitrogens with zero attached hydrogens (tertiary/aromatic N) is 1. The van der Waals surface area contributed by atoms with E-state index in [0.717, 1.165) is 21.2 Å². The van der Waals surface area contributed by atoms with Crippen LogP contribution >= 0.6 is 15.9 Å². The first-order valence-electron chi connectivity index (χ1n) is 10.7. The van der Waals surface area contributed by atoms with Crippen LogP contribution in [0, 0.1) is 0 Å². The van der Waals surface area contributed by atoms with E-state index >= 15 is 0 Å². The van der Waals surface area contributed by atoms with Crippen molar-refractivity contribution < 1.29 is 14.3 Å². The van der Waals surface area contributed by atoms with Crippen LogP contribution in [-0.4, -0.2) is 12.1 Å². The van der Waals surface area contributed by atoms with Crippen molar-refractivity contribution in [2.24, 2.45) is 5.10 Å². The number of amides is 1. The van der Waals surface area contributed by atoms with Gasteiger partial charge in [0.05, 0.1) is 11.8 Å². The van der Waals surface area contributed by atoms with Crippen LogP contribution in [0.25, 0.3) is 0 Å². The van der Waals surface area contributed by atoms with Gasteiger partial charge >= 0.3 is 0 Å². The third-order valence-electron chi connectivity index (χ3n) is 4.95. The summed E-state index contributed by atoms with van der Waals surface area (Å²) in [7, 11) is 0. The van der Waals surface area contributed by atoms with Crippen molar-refractivity contribution in [2.45, 2.75) is 13.2 Å². The number of hydrazone groups is 1. The lowest BCUT2D eigenvalue weighted by Crippen LogP contribution is -2.19. The normalized spacial score (nSPS) is 10.7. The molecule has 0 aliphatic carbocycles. The minimum absolute atomic E-state index is 0.359. The molecule has 34 heavy (non-hydrogen) atoms. The van der Waals surface area contributed by atoms with E-state index < -0.39 is 0 Å². The van der Waals surface area contributed by atoms with E-state index in [-0.39, 0.29) is 5.91 Å². The second-order valence-electron chi connectivity index (χ2n) is 7.43. The molecule has 0 radical (unpaired) electrons. The van der Waals surface area contributed by atoms with Crippen molar-refractivity contribution in [2.75, 3.05) is 0 Å². The SMILES string of the molecule is O=C(N/N=C/c1ccccc1OCc1ccccc1)c1cc(Br)ccc1OCc1ccccc1. The lowest BCUT2D eigenvalue weighted by molar-refractivity contribution is 0.0950. The molecule has 0 fully saturated rings. The van der Waals surface area contributed by atoms with Gasteiger partial charge in [-0.25, -0.2) is 5.43 Å². The Balaban J connectivity index is 1.42. The number of para-hydroxylation sites is 1. The van der Waals surface area contributed by atoms with Crippen molar-refractivity contribution in [3.8, 4) is 11.5 Å². The number of hydrogen-bond acceptors (Lipinski definition) is 4. The van der Waals surface area contributed by atoms with Crippen LogP contribution in [0.1, 0.15) is 27.0 Å². The van der Waals surface area contributed by atoms with Crippen molar-refractivity contribution in [1.82, 2.24) is 5.43 Å². The first-order valence-corrected chi connectivity index (χ1v) is 11.5. The van der Waals surface area contributed by atoms with E-state index in [2.05, 4.69) is 26.5 Å². The summed E-state index contributed by atoms with van der Waals surface area (Å²) in [6.45, 7) is 0.802. The van der Waals surface area contributed by atoms with Gasteiger partial charge in [-0.2, -0.15) is 5.10 Å². The maximum absolute atomic E-state index is 12.9. The third kappa shape index (κ3) is 6.56. The Labute approximate surface area is 207 Å². The van der Waals surface area contributed by atoms with E-state index in [1.807, 2.05) is 91.0 Å². The van der Waals surface area contributed by atoms with Crippen LogP contribution < -0.4 is 14.9 Å². The number of benzene rings is 4. The summed E-state index contributed by atoms with van der Waals surface area (Å²) in [5, 5.41) is 4.15. The fraction of sp³-hybridized carbons (Fsp3) is 0.0714. The number of nitrogens with one attached hydrogen (secondary N) is 1. The summed E-state index contributed by atoms with van der Waals surface area (Å²) in [6, 6.07) is 32.6. The number of ether oxygens (including phenoxy) is 2. The Morgan fingerprint density at radius 3 is 2.03 bits per heavy atom. The highest BCUT2D eigenvalue weighted by Crippen LogP contribution is 2.24. The summed E-state index contributed by atoms with van der Waals surface area (Å²) in [6.07, 6.45) is 1.57. The zero-order valence-corrected chi connectivity index (χ0v) is 19.9. The van der Waals surface area contributed by atoms with E-state index in [9.17, 15) is 4.79 Å². The molecule has 0 heterocycles. The topological polar surface area (TPSA) is 59.9 Å². The highest BCUT2D eigenvalue weighted by molar-refractivity contribution is 9.10. The molecule has 0 aromatic heterocycles. The Kier molecular flexibility index (Phi) is 8.08. The molecule has 0 saturated heterocycles. The fourth-order valence-electron chi connectivity index (χ4n) is 3.22. The molecule has 4 rings (SSSR count). The summed E-state index contributed by atoms with van der Waals surface area (Å²) in [4.78, 5) is 12.9. The van der Waals surface area contributed by atoms with Crippen LogP contribution in [0.15, 0.2) is 113 Å². The van der Waals surface area contributed by atoms with Gasteiger partial charge in [0.25, 0.3) is 5.91 Å². The van der Waals surface area contributed by atoms with Crippen LogP contribution in [0.5, 0.6) is 11.5 Å². The van der Waals surface area contributed by atoms with Gasteiger partial charge < -0.3 is 9.47 Å². The van der Waals surface area contributed by atoms with Crippen LogP contribution in [0.3, 0.4) is 0 Å². The van der Waals surface area contributed by atoms with Gasteiger partial charge in [-0.1, -0.05) is 88.7 Å². The summed E-state index contributed by atoms with van der Waals surface area (Å²) < 4.78 is 12.6. The van der Waals surface area contributed by atoms with E-state index in [1.54, 1.807) is 18.3 Å². The van der Waals surface area contributed by atoms with Crippen molar-refractivity contribution in [3.05, 3.63) is 130 Å². The molecule has 0 spiro atoms. The average Bonchev–Trinajstić information content (AvgIpc) is 2.88. The number of hydrogen-bond donors (Lipinski definition) is 1. The largest absolute Gasteiger partial charge is 0.488 e. The van der Waals surface area contributed by atoms with E-state index in [4.69, 9.17) is 9.47 Å². The van der Waals surface area contributed by atoms with Crippen molar-refractivity contribution in [1.29, 1.82) is 0 Å². The Morgan fingerprint density at radius 2 is 1.35 bits per heavy atom. The maximum atomic E-state index is 12.9. The monoisotopic (exact) mass is 514 g/mol. The van der Waals surface area contributed by atoms with Gasteiger partial charge in [-0.15, -0.1) is 0 Å². The summed E-state index contributed by atoms with van der Waals surface area (Å²) in [5.41, 5.74) is 5.82. The van der Waals surface area contributed by atoms with Crippen LogP contribution in [-0.2, 0) is 13.2 Å². The molecule has 4 aromatic rings. The van der Waals surface area contributed by atoms with Crippen LogP contribution in [0.2, 0.25) is 0 Å². The number of rotatable bonds is 9. The minimum Gasteiger partial charge on any atom is -0.488 e. The number of halogens is 1. The van der Waals surface area contributed by atoms with E-state index in [1.165, 1.54) is 0 Å². The maximum Gasteiger partial charge on any atom is 0.275 e. The summed E-state index contributed by atoms with van der Waals surface area (Å²) in [5.74, 6) is 0.785. The van der Waals surface area contributed by atoms with Gasteiger partial charge in [0.15, 0.2) is 0 Å². The molecule has 0 bridgehead atoms. The quantitative estimate of drug-likeness (QED) is 0.208. The fourth-order valence-corrected chi connectivity index (χ4v) is 3.58. The minimum atomic E-state index is -0.372. The number of carbonyl (C=O) groups excluding carboxylic acids is 1. The van der Waals surface area contributed by atoms with Crippen molar-refractivity contribution >= 4 is 28.1 Å². The second kappa shape index (κ2) is 11.8. The Hall–Kier alpha value is -3.90. The smallest absolute Gasteiger partial charge is 0.275 e. The lowest BCUT2D eigenvalue weighted by atomic mass is 10.2. The van der Waals surface area contributed by atoms with E-state index in [0.29, 0.717) is 30.3 Å². The van der Waals surface area contributed by atoms with Crippen molar-refractivity contribution in [3.63, 3.8) is 0 Å². The molecule has 6 heteroatoms. The predicted molar refractivity (Wildman–Crippen MR) is 137 cm³/mol. The van der Waals surface area contributed by atoms with Gasteiger partial charge in [0.1, 0.15) is 24.7 Å². The molecular weight excluding hydrogens is 492 g/mol. The first-order chi connectivity index (χ1) is 16.7. The molecule has 0 unspecified atom stereocenters. The first kappa shape index (κ1) is 23.3. The molecule has 0 aliphatic rings. The standard InChI is InChI=1S/C28H23BrN2O3/c29-24-15-16-27(34-20-22-11-5-2-6-12-22)25(17-24)28(32)31-30-18-23-13-7-8-14-26(23)33-19-21-9-3-1-4-10-21/h1-18H,19-20H2,(H,31,32)/b30-18+. The average molecular weight is 515 g/mol. The van der Waals surface area contributed by atoms with Crippen LogP contribution in [0.4, 0.5) is 0 Å². The molecule has 1 amide bonds. The van der Waals surface area contributed by atoms with Gasteiger partial charge in [0.2, 0.25) is 0 Å². The Morgan fingerprint density at radius 1 is 0.765 bits per heavy atom. The highest BCUT2D eigenvalue weighted by Gasteiger charge is 2.13. The molecular formula is C28H23BrN2O3. The summed E-state index contributed by atoms with van der Waals surface area (Å²) >= 11 is 3.42. The molecule has 5 nitrogen and oxygen atoms in total. The molecule has 1 N–H and O–H groups in total. The lowest BCUT2D eigenvalue weighted by Gasteiger charge is -2.11. The van der Waals surface area contributed by atoms with Gasteiger partial charge in [-0.3, -0.25) is 4.79 Å². The van der Waals surface area contributed by atoms with Gasteiger partial charge in [0, 0.05) is 10.0 Å². The molecule has 0 aliphatic heterocycles. The molecule has 0 atom stereocenters. The number of carbonyl (C=O) groups is 1.